The molecule has 21 heavy (non-hydrogen) atoms. The molecule has 3 nitrogen and oxygen atoms in total. The van der Waals surface area contributed by atoms with Crippen LogP contribution in [0.2, 0.25) is 0 Å². The molecule has 2 aromatic rings. The van der Waals surface area contributed by atoms with E-state index >= 15 is 0 Å². The first kappa shape index (κ1) is 15.7. The summed E-state index contributed by atoms with van der Waals surface area (Å²) in [5.74, 6) is 0.115. The van der Waals surface area contributed by atoms with Crippen LogP contribution in [0.15, 0.2) is 54.6 Å². The van der Waals surface area contributed by atoms with Gasteiger partial charge in [-0.1, -0.05) is 61.5 Å². The van der Waals surface area contributed by atoms with Gasteiger partial charge in [0.25, 0.3) is 0 Å². The van der Waals surface area contributed by atoms with Crippen molar-refractivity contribution >= 4 is 9.84 Å². The maximum atomic E-state index is 11.9. The van der Waals surface area contributed by atoms with Crippen LogP contribution >= 0.6 is 0 Å². The van der Waals surface area contributed by atoms with Crippen LogP contribution in [0.25, 0.3) is 11.1 Å². The fourth-order valence-corrected chi connectivity index (χ4v) is 3.42. The van der Waals surface area contributed by atoms with E-state index in [0.717, 1.165) is 16.7 Å². The van der Waals surface area contributed by atoms with Crippen LogP contribution < -0.4 is 5.73 Å². The zero-order valence-electron chi connectivity index (χ0n) is 12.4. The number of sulfone groups is 1. The van der Waals surface area contributed by atoms with E-state index < -0.39 is 21.1 Å². The molecule has 0 fully saturated rings. The van der Waals surface area contributed by atoms with Crippen LogP contribution in [-0.4, -0.2) is 19.4 Å². The third kappa shape index (κ3) is 3.52. The molecule has 0 saturated heterocycles. The second-order valence-electron chi connectivity index (χ2n) is 5.17. The van der Waals surface area contributed by atoms with Crippen molar-refractivity contribution < 1.29 is 8.42 Å². The zero-order chi connectivity index (χ0) is 15.5. The van der Waals surface area contributed by atoms with Crippen molar-refractivity contribution in [2.75, 3.05) is 5.75 Å². The summed E-state index contributed by atoms with van der Waals surface area (Å²) in [5, 5.41) is -0.579. The van der Waals surface area contributed by atoms with Gasteiger partial charge in [0.2, 0.25) is 0 Å². The lowest BCUT2D eigenvalue weighted by Gasteiger charge is -2.20. The van der Waals surface area contributed by atoms with E-state index in [1.807, 2.05) is 54.6 Å². The fourth-order valence-electron chi connectivity index (χ4n) is 2.29. The summed E-state index contributed by atoms with van der Waals surface area (Å²) in [6.45, 7) is 3.33. The van der Waals surface area contributed by atoms with Crippen molar-refractivity contribution in [2.24, 2.45) is 5.73 Å². The van der Waals surface area contributed by atoms with Crippen molar-refractivity contribution in [2.45, 2.75) is 25.1 Å². The number of rotatable bonds is 5. The van der Waals surface area contributed by atoms with E-state index in [-0.39, 0.29) is 5.75 Å². The van der Waals surface area contributed by atoms with Gasteiger partial charge in [0, 0.05) is 11.8 Å². The van der Waals surface area contributed by atoms with Gasteiger partial charge >= 0.3 is 0 Å². The quantitative estimate of drug-likeness (QED) is 0.923. The highest BCUT2D eigenvalue weighted by atomic mass is 32.2. The van der Waals surface area contributed by atoms with Crippen LogP contribution in [-0.2, 0) is 9.84 Å². The van der Waals surface area contributed by atoms with Gasteiger partial charge in [-0.05, 0) is 23.6 Å². The molecule has 2 N–H and O–H groups in total. The lowest BCUT2D eigenvalue weighted by Crippen LogP contribution is -2.32. The van der Waals surface area contributed by atoms with Crippen molar-refractivity contribution in [3.8, 4) is 11.1 Å². The molecule has 0 aliphatic carbocycles. The van der Waals surface area contributed by atoms with E-state index in [0.29, 0.717) is 0 Å². The highest BCUT2D eigenvalue weighted by molar-refractivity contribution is 7.92. The van der Waals surface area contributed by atoms with Gasteiger partial charge < -0.3 is 5.73 Å². The van der Waals surface area contributed by atoms with Crippen LogP contribution in [0.1, 0.15) is 25.5 Å². The minimum atomic E-state index is -3.13. The van der Waals surface area contributed by atoms with E-state index in [4.69, 9.17) is 5.73 Å². The number of hydrogen-bond acceptors (Lipinski definition) is 3. The lowest BCUT2D eigenvalue weighted by molar-refractivity contribution is 0.566. The third-order valence-corrected chi connectivity index (χ3v) is 6.11. The first-order valence-corrected chi connectivity index (χ1v) is 8.79. The highest BCUT2D eigenvalue weighted by Crippen LogP contribution is 2.24. The van der Waals surface area contributed by atoms with Gasteiger partial charge in [-0.25, -0.2) is 8.42 Å². The van der Waals surface area contributed by atoms with Crippen LogP contribution in [0.4, 0.5) is 0 Å². The second kappa shape index (κ2) is 6.41. The Morgan fingerprint density at radius 2 is 1.48 bits per heavy atom. The number of hydrogen-bond donors (Lipinski definition) is 1. The minimum absolute atomic E-state index is 0.115. The Balaban J connectivity index is 2.23. The minimum Gasteiger partial charge on any atom is -0.323 e. The Hall–Kier alpha value is -1.65. The summed E-state index contributed by atoms with van der Waals surface area (Å²) in [4.78, 5) is 0. The largest absolute Gasteiger partial charge is 0.323 e. The summed E-state index contributed by atoms with van der Waals surface area (Å²) < 4.78 is 23.8. The Morgan fingerprint density at radius 1 is 0.952 bits per heavy atom. The Bertz CT molecular complexity index is 678. The van der Waals surface area contributed by atoms with E-state index in [1.165, 1.54) is 0 Å². The van der Waals surface area contributed by atoms with Crippen LogP contribution in [0.5, 0.6) is 0 Å². The lowest BCUT2D eigenvalue weighted by atomic mass is 10.00. The molecule has 2 unspecified atom stereocenters. The second-order valence-corrected chi connectivity index (χ2v) is 7.82. The number of benzene rings is 2. The molecule has 0 aliphatic heterocycles. The average molecular weight is 303 g/mol. The van der Waals surface area contributed by atoms with Gasteiger partial charge in [0.05, 0.1) is 5.25 Å². The van der Waals surface area contributed by atoms with Crippen LogP contribution in [0, 0.1) is 0 Å². The van der Waals surface area contributed by atoms with Crippen molar-refractivity contribution in [3.63, 3.8) is 0 Å². The SMILES string of the molecule is CCS(=O)(=O)C(C)C(N)c1ccc(-c2ccccc2)cc1. The molecule has 0 spiro atoms. The molecule has 4 heteroatoms. The van der Waals surface area contributed by atoms with E-state index in [9.17, 15) is 8.42 Å². The molecule has 0 saturated carbocycles. The summed E-state index contributed by atoms with van der Waals surface area (Å²) in [7, 11) is -3.13. The first-order chi connectivity index (χ1) is 9.95. The normalized spacial score (nSPS) is 14.6. The Labute approximate surface area is 126 Å². The highest BCUT2D eigenvalue weighted by Gasteiger charge is 2.26. The predicted octanol–water partition coefficient (Wildman–Crippen LogP) is 3.18. The molecule has 0 aliphatic rings. The molecule has 0 amide bonds. The maximum Gasteiger partial charge on any atom is 0.154 e. The molecule has 0 bridgehead atoms. The zero-order valence-corrected chi connectivity index (χ0v) is 13.2. The maximum absolute atomic E-state index is 11.9. The predicted molar refractivity (Wildman–Crippen MR) is 87.7 cm³/mol. The smallest absolute Gasteiger partial charge is 0.154 e. The molecule has 0 aromatic heterocycles. The van der Waals surface area contributed by atoms with Gasteiger partial charge in [-0.3, -0.25) is 0 Å². The summed E-state index contributed by atoms with van der Waals surface area (Å²) in [6.07, 6.45) is 0. The molecular formula is C17H21NO2S. The van der Waals surface area contributed by atoms with Crippen LogP contribution in [0.3, 0.4) is 0 Å². The van der Waals surface area contributed by atoms with E-state index in [2.05, 4.69) is 0 Å². The van der Waals surface area contributed by atoms with Gasteiger partial charge in [-0.15, -0.1) is 0 Å². The molecule has 2 aromatic carbocycles. The fraction of sp³-hybridized carbons (Fsp3) is 0.294. The molecule has 2 atom stereocenters. The van der Waals surface area contributed by atoms with Crippen molar-refractivity contribution in [1.82, 2.24) is 0 Å². The van der Waals surface area contributed by atoms with Crippen molar-refractivity contribution in [1.29, 1.82) is 0 Å². The molecule has 112 valence electrons. The Kier molecular flexibility index (Phi) is 4.80. The Morgan fingerprint density at radius 3 is 2.00 bits per heavy atom. The average Bonchev–Trinajstić information content (AvgIpc) is 2.54. The molecular weight excluding hydrogens is 282 g/mol. The molecule has 0 radical (unpaired) electrons. The standard InChI is InChI=1S/C17H21NO2S/c1-3-21(19,20)13(2)17(18)16-11-9-15(10-12-16)14-7-5-4-6-8-14/h4-13,17H,3,18H2,1-2H3. The molecule has 2 rings (SSSR count). The molecule has 0 heterocycles. The third-order valence-electron chi connectivity index (χ3n) is 3.88. The van der Waals surface area contributed by atoms with Gasteiger partial charge in [0.15, 0.2) is 9.84 Å². The van der Waals surface area contributed by atoms with Gasteiger partial charge in [-0.2, -0.15) is 0 Å². The number of nitrogens with two attached hydrogens (primary N) is 1. The first-order valence-electron chi connectivity index (χ1n) is 7.08. The van der Waals surface area contributed by atoms with Gasteiger partial charge in [0.1, 0.15) is 0 Å². The monoisotopic (exact) mass is 303 g/mol. The summed E-state index contributed by atoms with van der Waals surface area (Å²) in [5.41, 5.74) is 9.18. The summed E-state index contributed by atoms with van der Waals surface area (Å²) in [6, 6.07) is 17.3. The summed E-state index contributed by atoms with van der Waals surface area (Å²) >= 11 is 0. The van der Waals surface area contributed by atoms with Crippen molar-refractivity contribution in [3.05, 3.63) is 60.2 Å². The topological polar surface area (TPSA) is 60.2 Å². The van der Waals surface area contributed by atoms with E-state index in [1.54, 1.807) is 13.8 Å².